The van der Waals surface area contributed by atoms with Crippen LogP contribution in [0.15, 0.2) is 15.8 Å². The monoisotopic (exact) mass is 830 g/mol. The highest BCUT2D eigenvalue weighted by atomic mass is 127. The van der Waals surface area contributed by atoms with Crippen molar-refractivity contribution in [2.75, 3.05) is 0 Å². The molecule has 9 nitrogen and oxygen atoms in total. The first-order valence-corrected chi connectivity index (χ1v) is 21.9. The van der Waals surface area contributed by atoms with Crippen LogP contribution in [-0.4, -0.2) is 49.1 Å². The standard InChI is InChI=1S/C41H71IN2O7/c1-3-5-7-9-11-13-15-17-19-21-23-25-27-29-34(45)37(47)38-41(50,31-36(51-38)44-32-33(42)39(48)43-40(44)49)35(46)30-28-26-24-22-20-18-16-14-12-10-8-6-4-2/h32,34,36,38,45,50H,3-31H2,1-2H3,(H,43,48,49)/t34?,36-,38-,41-/m1/s1. The second kappa shape index (κ2) is 27.2. The Morgan fingerprint density at radius 1 is 0.765 bits per heavy atom. The Morgan fingerprint density at radius 3 is 1.63 bits per heavy atom. The fourth-order valence-corrected chi connectivity index (χ4v) is 7.72. The summed E-state index contributed by atoms with van der Waals surface area (Å²) in [5.41, 5.74) is -3.47. The van der Waals surface area contributed by atoms with Gasteiger partial charge in [0.1, 0.15) is 12.3 Å². The SMILES string of the molecule is CCCCCCCCCCCCCCCC(=O)[C@]1(O)C[C@H](n2cc(I)c(=O)[nH]c2=O)O[C@@H]1C(=O)C(O)CCCCCCCCCCCCCCC. The molecular weight excluding hydrogens is 759 g/mol. The third-order valence-corrected chi connectivity index (χ3v) is 11.4. The molecular formula is C41H71IN2O7. The third-order valence-electron chi connectivity index (χ3n) is 10.6. The molecule has 294 valence electrons. The van der Waals surface area contributed by atoms with Gasteiger partial charge in [-0.05, 0) is 35.4 Å². The lowest BCUT2D eigenvalue weighted by Gasteiger charge is -2.27. The summed E-state index contributed by atoms with van der Waals surface area (Å²) in [5.74, 6) is -1.24. The van der Waals surface area contributed by atoms with Crippen molar-refractivity contribution in [1.82, 2.24) is 9.55 Å². The number of nitrogens with one attached hydrogen (secondary N) is 1. The number of aliphatic hydroxyl groups excluding tert-OH is 1. The lowest BCUT2D eigenvalue weighted by molar-refractivity contribution is -0.159. The molecule has 0 aliphatic carbocycles. The van der Waals surface area contributed by atoms with Gasteiger partial charge in [-0.15, -0.1) is 0 Å². The minimum Gasteiger partial charge on any atom is -0.385 e. The number of aromatic amines is 1. The van der Waals surface area contributed by atoms with E-state index in [1.165, 1.54) is 122 Å². The Balaban J connectivity index is 1.82. The smallest absolute Gasteiger partial charge is 0.330 e. The largest absolute Gasteiger partial charge is 0.385 e. The number of ether oxygens (including phenoxy) is 1. The van der Waals surface area contributed by atoms with Gasteiger partial charge in [-0.25, -0.2) is 4.79 Å². The summed E-state index contributed by atoms with van der Waals surface area (Å²) in [6.45, 7) is 4.48. The predicted molar refractivity (Wildman–Crippen MR) is 214 cm³/mol. The number of aliphatic hydroxyl groups is 2. The number of Topliss-reactive ketones (excluding diaryl/α,β-unsaturated/α-hetero) is 2. The summed E-state index contributed by atoms with van der Waals surface area (Å²) >= 11 is 1.79. The number of carbonyl (C=O) groups is 2. The zero-order valence-corrected chi connectivity index (χ0v) is 34.2. The van der Waals surface area contributed by atoms with Crippen LogP contribution >= 0.6 is 22.6 Å². The normalized spacial score (nSPS) is 19.5. The van der Waals surface area contributed by atoms with Gasteiger partial charge >= 0.3 is 5.69 Å². The fourth-order valence-electron chi connectivity index (χ4n) is 7.28. The highest BCUT2D eigenvalue weighted by Gasteiger charge is 2.56. The van der Waals surface area contributed by atoms with Crippen LogP contribution in [-0.2, 0) is 14.3 Å². The summed E-state index contributed by atoms with van der Waals surface area (Å²) in [6, 6.07) is 0. The van der Waals surface area contributed by atoms with E-state index in [-0.39, 0.29) is 22.8 Å². The number of nitrogens with zero attached hydrogens (tertiary/aromatic N) is 1. The van der Waals surface area contributed by atoms with Crippen LogP contribution < -0.4 is 11.2 Å². The zero-order chi connectivity index (χ0) is 37.3. The average molecular weight is 831 g/mol. The highest BCUT2D eigenvalue weighted by molar-refractivity contribution is 14.1. The topological polar surface area (TPSA) is 139 Å². The Labute approximate surface area is 321 Å². The maximum Gasteiger partial charge on any atom is 0.330 e. The Hall–Kier alpha value is -1.37. The quantitative estimate of drug-likeness (QED) is 0.0486. The van der Waals surface area contributed by atoms with Gasteiger partial charge < -0.3 is 14.9 Å². The van der Waals surface area contributed by atoms with Gasteiger partial charge in [-0.3, -0.25) is 23.9 Å². The zero-order valence-electron chi connectivity index (χ0n) is 32.1. The number of hydrogen-bond acceptors (Lipinski definition) is 7. The molecule has 1 saturated heterocycles. The minimum absolute atomic E-state index is 0.0845. The van der Waals surface area contributed by atoms with Crippen LogP contribution in [0.3, 0.4) is 0 Å². The number of rotatable bonds is 32. The van der Waals surface area contributed by atoms with E-state index in [0.717, 1.165) is 43.1 Å². The molecule has 3 N–H and O–H groups in total. The molecule has 1 aliphatic heterocycles. The Kier molecular flexibility index (Phi) is 24.5. The predicted octanol–water partition coefficient (Wildman–Crippen LogP) is 9.62. The minimum atomic E-state index is -2.17. The molecule has 0 spiro atoms. The summed E-state index contributed by atoms with van der Waals surface area (Å²) in [5, 5.41) is 22.7. The van der Waals surface area contributed by atoms with Gasteiger partial charge in [0.15, 0.2) is 23.3 Å². The lowest BCUT2D eigenvalue weighted by Crippen LogP contribution is -2.52. The van der Waals surface area contributed by atoms with Gasteiger partial charge in [0.25, 0.3) is 5.56 Å². The molecule has 0 bridgehead atoms. The van der Waals surface area contributed by atoms with E-state index in [0.29, 0.717) is 12.8 Å². The molecule has 51 heavy (non-hydrogen) atoms. The molecule has 1 aromatic rings. The maximum atomic E-state index is 13.6. The van der Waals surface area contributed by atoms with Gasteiger partial charge in [0.05, 0.1) is 3.57 Å². The number of carbonyl (C=O) groups excluding carboxylic acids is 2. The number of ketones is 2. The number of halogens is 1. The second-order valence-electron chi connectivity index (χ2n) is 15.1. The molecule has 10 heteroatoms. The van der Waals surface area contributed by atoms with Crippen molar-refractivity contribution in [3.63, 3.8) is 0 Å². The maximum absolute atomic E-state index is 13.6. The average Bonchev–Trinajstić information content (AvgIpc) is 3.47. The summed E-state index contributed by atoms with van der Waals surface area (Å²) in [6.07, 6.45) is 27.8. The molecule has 1 unspecified atom stereocenters. The first kappa shape index (κ1) is 45.8. The fraction of sp³-hybridized carbons (Fsp3) is 0.854. The van der Waals surface area contributed by atoms with Crippen molar-refractivity contribution in [2.45, 2.75) is 224 Å². The van der Waals surface area contributed by atoms with Crippen molar-refractivity contribution in [3.05, 3.63) is 30.6 Å². The third kappa shape index (κ3) is 17.5. The van der Waals surface area contributed by atoms with Gasteiger partial charge in [0, 0.05) is 19.0 Å². The van der Waals surface area contributed by atoms with Crippen molar-refractivity contribution in [2.24, 2.45) is 0 Å². The van der Waals surface area contributed by atoms with Gasteiger partial charge in [-0.1, -0.05) is 174 Å². The van der Waals surface area contributed by atoms with Crippen molar-refractivity contribution < 1.29 is 24.5 Å². The molecule has 1 aliphatic rings. The van der Waals surface area contributed by atoms with E-state index in [1.54, 1.807) is 22.6 Å². The summed E-state index contributed by atoms with van der Waals surface area (Å²) in [7, 11) is 0. The lowest BCUT2D eigenvalue weighted by atomic mass is 9.83. The van der Waals surface area contributed by atoms with Crippen molar-refractivity contribution >= 4 is 34.2 Å². The molecule has 2 rings (SSSR count). The van der Waals surface area contributed by atoms with Crippen molar-refractivity contribution in [3.8, 4) is 0 Å². The van der Waals surface area contributed by atoms with Gasteiger partial charge in [-0.2, -0.15) is 0 Å². The molecule has 0 aromatic carbocycles. The van der Waals surface area contributed by atoms with E-state index in [2.05, 4.69) is 18.8 Å². The molecule has 1 fully saturated rings. The van der Waals surface area contributed by atoms with Gasteiger partial charge in [0.2, 0.25) is 0 Å². The highest BCUT2D eigenvalue weighted by Crippen LogP contribution is 2.39. The molecule has 2 heterocycles. The van der Waals surface area contributed by atoms with E-state index in [9.17, 15) is 29.4 Å². The van der Waals surface area contributed by atoms with Crippen molar-refractivity contribution in [1.29, 1.82) is 0 Å². The molecule has 1 aromatic heterocycles. The van der Waals surface area contributed by atoms with E-state index in [4.69, 9.17) is 4.74 Å². The second-order valence-corrected chi connectivity index (χ2v) is 16.3. The molecule has 0 radical (unpaired) electrons. The summed E-state index contributed by atoms with van der Waals surface area (Å²) < 4.78 is 7.28. The molecule has 4 atom stereocenters. The Bertz CT molecular complexity index is 1220. The van der Waals surface area contributed by atoms with Crippen LogP contribution in [0, 0.1) is 3.57 Å². The van der Waals surface area contributed by atoms with Crippen LogP contribution in [0.2, 0.25) is 0 Å². The number of H-pyrrole nitrogens is 1. The van der Waals surface area contributed by atoms with Crippen LogP contribution in [0.25, 0.3) is 0 Å². The molecule has 0 saturated carbocycles. The number of unbranched alkanes of at least 4 members (excludes halogenated alkanes) is 24. The number of aromatic nitrogens is 2. The van der Waals surface area contributed by atoms with E-state index in [1.807, 2.05) is 0 Å². The number of hydrogen-bond donors (Lipinski definition) is 3. The van der Waals surface area contributed by atoms with E-state index >= 15 is 0 Å². The Morgan fingerprint density at radius 2 is 1.18 bits per heavy atom. The van der Waals surface area contributed by atoms with Crippen LogP contribution in [0.4, 0.5) is 0 Å². The first-order chi connectivity index (χ1) is 24.7. The van der Waals surface area contributed by atoms with Crippen LogP contribution in [0.5, 0.6) is 0 Å². The van der Waals surface area contributed by atoms with E-state index < -0.39 is 46.9 Å². The summed E-state index contributed by atoms with van der Waals surface area (Å²) in [4.78, 5) is 54.0. The first-order valence-electron chi connectivity index (χ1n) is 20.8. The molecule has 0 amide bonds. The van der Waals surface area contributed by atoms with Crippen LogP contribution in [0.1, 0.15) is 206 Å².